The van der Waals surface area contributed by atoms with Crippen LogP contribution in [0.4, 0.5) is 16.3 Å². The van der Waals surface area contributed by atoms with E-state index >= 15 is 0 Å². The normalized spacial score (nSPS) is 11.9. The Hall–Kier alpha value is -3.89. The van der Waals surface area contributed by atoms with Crippen LogP contribution in [0.1, 0.15) is 62.9 Å². The Balaban J connectivity index is 1.87. The SMILES string of the molecule is CCc1nc(C(N)=O)c(Nc2cccc(OCCCNC(=O)[C@H](C)N(C)C(=O)OC(C)(C)C)c2)nc1C. The van der Waals surface area contributed by atoms with E-state index in [1.165, 1.54) is 11.9 Å². The van der Waals surface area contributed by atoms with Gasteiger partial charge in [0.2, 0.25) is 5.91 Å². The first-order valence-electron chi connectivity index (χ1n) is 12.2. The quantitative estimate of drug-likeness (QED) is 0.387. The Bertz CT molecular complexity index is 1120. The second-order valence-electron chi connectivity index (χ2n) is 9.58. The van der Waals surface area contributed by atoms with E-state index < -0.39 is 23.6 Å². The molecule has 3 amide bonds. The maximum atomic E-state index is 12.4. The van der Waals surface area contributed by atoms with Crippen LogP contribution in [-0.2, 0) is 16.0 Å². The van der Waals surface area contributed by atoms with Crippen LogP contribution in [0.15, 0.2) is 24.3 Å². The smallest absolute Gasteiger partial charge is 0.410 e. The maximum Gasteiger partial charge on any atom is 0.410 e. The number of aromatic nitrogens is 2. The van der Waals surface area contributed by atoms with Gasteiger partial charge in [0.1, 0.15) is 17.4 Å². The van der Waals surface area contributed by atoms with Gasteiger partial charge in [-0.3, -0.25) is 14.5 Å². The summed E-state index contributed by atoms with van der Waals surface area (Å²) in [5.74, 6) is -0.0570. The van der Waals surface area contributed by atoms with Crippen molar-refractivity contribution in [2.45, 2.75) is 66.0 Å². The predicted molar refractivity (Wildman–Crippen MR) is 141 cm³/mol. The van der Waals surface area contributed by atoms with Gasteiger partial charge >= 0.3 is 6.09 Å². The van der Waals surface area contributed by atoms with Gasteiger partial charge in [0.05, 0.1) is 18.0 Å². The summed E-state index contributed by atoms with van der Waals surface area (Å²) in [6.45, 7) is 11.4. The van der Waals surface area contributed by atoms with Gasteiger partial charge in [0.15, 0.2) is 11.5 Å². The first-order chi connectivity index (χ1) is 17.3. The lowest BCUT2D eigenvalue weighted by molar-refractivity contribution is -0.125. The number of carbonyl (C=O) groups excluding carboxylic acids is 3. The number of hydrogen-bond acceptors (Lipinski definition) is 8. The fourth-order valence-corrected chi connectivity index (χ4v) is 3.24. The monoisotopic (exact) mass is 514 g/mol. The van der Waals surface area contributed by atoms with E-state index in [9.17, 15) is 14.4 Å². The Kier molecular flexibility index (Phi) is 10.2. The van der Waals surface area contributed by atoms with E-state index in [4.69, 9.17) is 15.2 Å². The Morgan fingerprint density at radius 3 is 2.51 bits per heavy atom. The molecule has 0 aliphatic carbocycles. The highest BCUT2D eigenvalue weighted by molar-refractivity contribution is 5.96. The third-order valence-electron chi connectivity index (χ3n) is 5.36. The number of nitrogens with zero attached hydrogens (tertiary/aromatic N) is 3. The number of primary amides is 1. The average Bonchev–Trinajstić information content (AvgIpc) is 2.81. The van der Waals surface area contributed by atoms with Crippen LogP contribution < -0.4 is 21.1 Å². The highest BCUT2D eigenvalue weighted by Crippen LogP contribution is 2.23. The van der Waals surface area contributed by atoms with Crippen molar-refractivity contribution in [2.75, 3.05) is 25.5 Å². The Morgan fingerprint density at radius 2 is 1.89 bits per heavy atom. The number of carbonyl (C=O) groups is 3. The molecule has 11 nitrogen and oxygen atoms in total. The fourth-order valence-electron chi connectivity index (χ4n) is 3.24. The summed E-state index contributed by atoms with van der Waals surface area (Å²) in [5, 5.41) is 5.90. The molecule has 0 saturated heterocycles. The molecule has 11 heteroatoms. The maximum absolute atomic E-state index is 12.4. The zero-order valence-electron chi connectivity index (χ0n) is 22.7. The van der Waals surface area contributed by atoms with Crippen LogP contribution in [-0.4, -0.2) is 64.6 Å². The Morgan fingerprint density at radius 1 is 1.19 bits per heavy atom. The number of rotatable bonds is 11. The topological polar surface area (TPSA) is 149 Å². The summed E-state index contributed by atoms with van der Waals surface area (Å²) >= 11 is 0. The first kappa shape index (κ1) is 29.3. The number of hydrogen-bond donors (Lipinski definition) is 3. The molecule has 0 unspecified atom stereocenters. The van der Waals surface area contributed by atoms with E-state index in [-0.39, 0.29) is 17.4 Å². The molecule has 1 atom stereocenters. The van der Waals surface area contributed by atoms with Gasteiger partial charge in [-0.2, -0.15) is 0 Å². The van der Waals surface area contributed by atoms with Gasteiger partial charge in [0.25, 0.3) is 5.91 Å². The van der Waals surface area contributed by atoms with Crippen LogP contribution in [0.25, 0.3) is 0 Å². The number of amides is 3. The number of nitrogens with two attached hydrogens (primary N) is 1. The van der Waals surface area contributed by atoms with Crippen molar-refractivity contribution in [3.05, 3.63) is 41.3 Å². The van der Waals surface area contributed by atoms with E-state index in [2.05, 4.69) is 20.6 Å². The number of aryl methyl sites for hydroxylation is 2. The molecule has 0 radical (unpaired) electrons. The second-order valence-corrected chi connectivity index (χ2v) is 9.58. The van der Waals surface area contributed by atoms with E-state index in [1.807, 2.05) is 19.9 Å². The molecule has 2 rings (SSSR count). The molecule has 4 N–H and O–H groups in total. The molecule has 0 spiro atoms. The van der Waals surface area contributed by atoms with E-state index in [1.54, 1.807) is 45.9 Å². The van der Waals surface area contributed by atoms with Crippen molar-refractivity contribution in [3.63, 3.8) is 0 Å². The van der Waals surface area contributed by atoms with Crippen LogP contribution >= 0.6 is 0 Å². The average molecular weight is 515 g/mol. The van der Waals surface area contributed by atoms with Crippen molar-refractivity contribution < 1.29 is 23.9 Å². The molecule has 0 bridgehead atoms. The number of nitrogens with one attached hydrogen (secondary N) is 2. The number of likely N-dealkylation sites (N-methyl/N-ethyl adjacent to an activating group) is 1. The van der Waals surface area contributed by atoms with Crippen LogP contribution in [0, 0.1) is 6.92 Å². The van der Waals surface area contributed by atoms with Crippen molar-refractivity contribution >= 4 is 29.4 Å². The van der Waals surface area contributed by atoms with Gasteiger partial charge in [-0.05, 0) is 59.6 Å². The first-order valence-corrected chi connectivity index (χ1v) is 12.2. The van der Waals surface area contributed by atoms with Gasteiger partial charge < -0.3 is 25.8 Å². The third kappa shape index (κ3) is 8.93. The Labute approximate surface area is 218 Å². The van der Waals surface area contributed by atoms with Gasteiger partial charge in [-0.1, -0.05) is 13.0 Å². The zero-order chi connectivity index (χ0) is 27.8. The van der Waals surface area contributed by atoms with E-state index in [0.717, 1.165) is 11.4 Å². The largest absolute Gasteiger partial charge is 0.493 e. The van der Waals surface area contributed by atoms with Crippen molar-refractivity contribution in [3.8, 4) is 5.75 Å². The van der Waals surface area contributed by atoms with Crippen molar-refractivity contribution in [1.29, 1.82) is 0 Å². The van der Waals surface area contributed by atoms with Gasteiger partial charge in [0, 0.05) is 25.3 Å². The van der Waals surface area contributed by atoms with E-state index in [0.29, 0.717) is 37.4 Å². The number of anilines is 2. The molecule has 37 heavy (non-hydrogen) atoms. The standard InChI is InChI=1S/C26H38N6O5/c1-8-20-16(2)29-23(21(31-20)22(27)33)30-18-11-9-12-19(15-18)36-14-10-13-28-24(34)17(3)32(7)25(35)37-26(4,5)6/h9,11-12,15,17H,8,10,13-14H2,1-7H3,(H2,27,33)(H,28,34)(H,29,30)/t17-/m0/s1. The minimum atomic E-state index is -0.679. The second kappa shape index (κ2) is 12.9. The highest BCUT2D eigenvalue weighted by atomic mass is 16.6. The number of ether oxygens (including phenoxy) is 2. The lowest BCUT2D eigenvalue weighted by atomic mass is 10.2. The molecular formula is C26H38N6O5. The molecule has 1 aromatic heterocycles. The zero-order valence-corrected chi connectivity index (χ0v) is 22.7. The van der Waals surface area contributed by atoms with Crippen molar-refractivity contribution in [1.82, 2.24) is 20.2 Å². The minimum absolute atomic E-state index is 0.0797. The highest BCUT2D eigenvalue weighted by Gasteiger charge is 2.26. The lowest BCUT2D eigenvalue weighted by Crippen LogP contribution is -2.47. The molecule has 0 fully saturated rings. The summed E-state index contributed by atoms with van der Waals surface area (Å²) in [5.41, 5.74) is 7.04. The third-order valence-corrected chi connectivity index (χ3v) is 5.36. The van der Waals surface area contributed by atoms with Crippen LogP contribution in [0.3, 0.4) is 0 Å². The summed E-state index contributed by atoms with van der Waals surface area (Å²) in [7, 11) is 1.53. The molecular weight excluding hydrogens is 476 g/mol. The molecule has 0 aliphatic heterocycles. The lowest BCUT2D eigenvalue weighted by Gasteiger charge is -2.28. The van der Waals surface area contributed by atoms with Crippen LogP contribution in [0.5, 0.6) is 5.75 Å². The predicted octanol–water partition coefficient (Wildman–Crippen LogP) is 3.33. The molecule has 1 aromatic carbocycles. The molecule has 0 aliphatic rings. The van der Waals surface area contributed by atoms with Crippen LogP contribution in [0.2, 0.25) is 0 Å². The fraction of sp³-hybridized carbons (Fsp3) is 0.500. The van der Waals surface area contributed by atoms with Crippen molar-refractivity contribution in [2.24, 2.45) is 5.73 Å². The van der Waals surface area contributed by atoms with Gasteiger partial charge in [-0.25, -0.2) is 14.8 Å². The molecule has 0 saturated carbocycles. The molecule has 1 heterocycles. The number of benzene rings is 1. The summed E-state index contributed by atoms with van der Waals surface area (Å²) in [4.78, 5) is 46.5. The molecule has 2 aromatic rings. The summed E-state index contributed by atoms with van der Waals surface area (Å²) in [6.07, 6.45) is 0.640. The summed E-state index contributed by atoms with van der Waals surface area (Å²) in [6, 6.07) is 6.50. The van der Waals surface area contributed by atoms with Gasteiger partial charge in [-0.15, -0.1) is 0 Å². The minimum Gasteiger partial charge on any atom is -0.493 e. The summed E-state index contributed by atoms with van der Waals surface area (Å²) < 4.78 is 11.1. The molecule has 202 valence electrons.